The minimum atomic E-state index is -0.623. The highest BCUT2D eigenvalue weighted by molar-refractivity contribution is 6.19. The summed E-state index contributed by atoms with van der Waals surface area (Å²) in [5, 5.41) is 2.88. The van der Waals surface area contributed by atoms with E-state index in [1.807, 2.05) is 6.92 Å². The zero-order chi connectivity index (χ0) is 17.4. The van der Waals surface area contributed by atoms with E-state index in [0.29, 0.717) is 18.5 Å². The van der Waals surface area contributed by atoms with E-state index in [1.165, 1.54) is 42.0 Å². The van der Waals surface area contributed by atoms with Gasteiger partial charge < -0.3 is 5.32 Å². The molecule has 1 N–H and O–H groups in total. The van der Waals surface area contributed by atoms with Crippen molar-refractivity contribution in [1.29, 1.82) is 0 Å². The Labute approximate surface area is 136 Å². The molecule has 2 aromatic rings. The van der Waals surface area contributed by atoms with Crippen LogP contribution in [0.4, 0.5) is 10.2 Å². The molecule has 0 fully saturated rings. The van der Waals surface area contributed by atoms with Crippen LogP contribution >= 0.6 is 0 Å². The number of allylic oxidation sites excluding steroid dienone is 1. The van der Waals surface area contributed by atoms with Crippen LogP contribution in [-0.4, -0.2) is 14.9 Å². The van der Waals surface area contributed by atoms with Crippen LogP contribution in [0.2, 0.25) is 0 Å². The van der Waals surface area contributed by atoms with E-state index >= 15 is 0 Å². The third-order valence-corrected chi connectivity index (χ3v) is 3.90. The molecule has 1 aliphatic rings. The molecule has 0 bridgehead atoms. The summed E-state index contributed by atoms with van der Waals surface area (Å²) in [5.74, 6) is -0.625. The Morgan fingerprint density at radius 1 is 1.17 bits per heavy atom. The number of carbonyl (C=O) groups is 1. The molecule has 7 heteroatoms. The van der Waals surface area contributed by atoms with Crippen LogP contribution in [0.5, 0.6) is 0 Å². The molecule has 124 valence electrons. The zero-order valence-corrected chi connectivity index (χ0v) is 13.3. The number of fused-ring (bicyclic) bond motifs is 1. The summed E-state index contributed by atoms with van der Waals surface area (Å²) in [4.78, 5) is 37.1. The molecule has 1 aliphatic heterocycles. The van der Waals surface area contributed by atoms with Crippen molar-refractivity contribution in [2.75, 3.05) is 5.32 Å². The number of anilines is 1. The minimum absolute atomic E-state index is 0.0427. The molecule has 0 amide bonds. The Morgan fingerprint density at radius 3 is 2.46 bits per heavy atom. The summed E-state index contributed by atoms with van der Waals surface area (Å²) >= 11 is 0. The fourth-order valence-corrected chi connectivity index (χ4v) is 2.68. The molecule has 3 rings (SSSR count). The van der Waals surface area contributed by atoms with Crippen LogP contribution in [0.3, 0.4) is 0 Å². The van der Waals surface area contributed by atoms with Gasteiger partial charge in [0.1, 0.15) is 17.2 Å². The number of benzene rings is 1. The standard InChI is InChI=1S/C17H16FN3O3/c1-3-8-21-15-13(16(23)20(2)17(21)24)14(22)12(19-15)9-10-4-6-11(18)7-5-10/h4-7,9,19H,3,8H2,1-2H3/b12-9-. The van der Waals surface area contributed by atoms with Crippen molar-refractivity contribution in [2.45, 2.75) is 19.9 Å². The van der Waals surface area contributed by atoms with Gasteiger partial charge >= 0.3 is 5.69 Å². The monoisotopic (exact) mass is 329 g/mol. The predicted molar refractivity (Wildman–Crippen MR) is 88.6 cm³/mol. The van der Waals surface area contributed by atoms with Crippen LogP contribution in [0.15, 0.2) is 39.6 Å². The van der Waals surface area contributed by atoms with Gasteiger partial charge in [-0.3, -0.25) is 18.7 Å². The average Bonchev–Trinajstić information content (AvgIpc) is 2.88. The lowest BCUT2D eigenvalue weighted by Crippen LogP contribution is -2.40. The van der Waals surface area contributed by atoms with Gasteiger partial charge in [0.25, 0.3) is 5.56 Å². The fraction of sp³-hybridized carbons (Fsp3) is 0.235. The molecule has 24 heavy (non-hydrogen) atoms. The molecule has 1 aromatic heterocycles. The normalized spacial score (nSPS) is 14.8. The summed E-state index contributed by atoms with van der Waals surface area (Å²) in [7, 11) is 1.35. The Kier molecular flexibility index (Phi) is 3.92. The molecule has 0 radical (unpaired) electrons. The first-order valence-electron chi connectivity index (χ1n) is 7.57. The van der Waals surface area contributed by atoms with Crippen LogP contribution in [0.1, 0.15) is 29.3 Å². The summed E-state index contributed by atoms with van der Waals surface area (Å²) in [5.41, 5.74) is -0.337. The summed E-state index contributed by atoms with van der Waals surface area (Å²) < 4.78 is 15.3. The van der Waals surface area contributed by atoms with Crippen LogP contribution in [0, 0.1) is 5.82 Å². The fourth-order valence-electron chi connectivity index (χ4n) is 2.68. The van der Waals surface area contributed by atoms with Gasteiger partial charge in [-0.25, -0.2) is 9.18 Å². The molecule has 0 aliphatic carbocycles. The molecule has 0 atom stereocenters. The molecule has 0 saturated carbocycles. The second-order valence-electron chi connectivity index (χ2n) is 5.59. The van der Waals surface area contributed by atoms with E-state index < -0.39 is 17.0 Å². The zero-order valence-electron chi connectivity index (χ0n) is 13.3. The highest BCUT2D eigenvalue weighted by Gasteiger charge is 2.32. The molecule has 0 unspecified atom stereocenters. The van der Waals surface area contributed by atoms with Crippen molar-refractivity contribution in [3.8, 4) is 0 Å². The summed E-state index contributed by atoms with van der Waals surface area (Å²) in [6.45, 7) is 2.29. The SMILES string of the molecule is CCCn1c2c(c(=O)n(C)c1=O)C(=O)/C(=C/c1ccc(F)cc1)N2. The molecular weight excluding hydrogens is 313 g/mol. The number of Topliss-reactive ketones (excluding diaryl/α,β-unsaturated/α-hetero) is 1. The number of hydrogen-bond acceptors (Lipinski definition) is 4. The number of ketones is 1. The van der Waals surface area contributed by atoms with Gasteiger partial charge in [0.2, 0.25) is 5.78 Å². The van der Waals surface area contributed by atoms with Crippen LogP contribution in [0.25, 0.3) is 6.08 Å². The van der Waals surface area contributed by atoms with Crippen molar-refractivity contribution in [3.05, 3.63) is 67.7 Å². The smallest absolute Gasteiger partial charge is 0.332 e. The van der Waals surface area contributed by atoms with Crippen molar-refractivity contribution in [3.63, 3.8) is 0 Å². The number of hydrogen-bond donors (Lipinski definition) is 1. The lowest BCUT2D eigenvalue weighted by atomic mass is 10.1. The van der Waals surface area contributed by atoms with E-state index in [-0.39, 0.29) is 22.9 Å². The van der Waals surface area contributed by atoms with Gasteiger partial charge in [-0.1, -0.05) is 19.1 Å². The van der Waals surface area contributed by atoms with Crippen LogP contribution < -0.4 is 16.6 Å². The summed E-state index contributed by atoms with van der Waals surface area (Å²) in [6, 6.07) is 5.62. The molecule has 6 nitrogen and oxygen atoms in total. The molecule has 1 aromatic carbocycles. The highest BCUT2D eigenvalue weighted by Crippen LogP contribution is 2.25. The Bertz CT molecular complexity index is 968. The molecular formula is C17H16FN3O3. The lowest BCUT2D eigenvalue weighted by molar-refractivity contribution is 0.104. The van der Waals surface area contributed by atoms with Gasteiger partial charge in [-0.2, -0.15) is 0 Å². The van der Waals surface area contributed by atoms with Gasteiger partial charge in [0.15, 0.2) is 0 Å². The maximum absolute atomic E-state index is 13.0. The quantitative estimate of drug-likeness (QED) is 0.871. The van der Waals surface area contributed by atoms with Crippen molar-refractivity contribution >= 4 is 17.7 Å². The third-order valence-electron chi connectivity index (χ3n) is 3.90. The maximum atomic E-state index is 13.0. The molecule has 0 spiro atoms. The van der Waals surface area contributed by atoms with E-state index in [9.17, 15) is 18.8 Å². The van der Waals surface area contributed by atoms with Gasteiger partial charge in [0.05, 0.1) is 5.70 Å². The van der Waals surface area contributed by atoms with E-state index in [1.54, 1.807) is 0 Å². The van der Waals surface area contributed by atoms with Crippen molar-refractivity contribution in [2.24, 2.45) is 7.05 Å². The third kappa shape index (κ3) is 2.47. The first-order valence-corrected chi connectivity index (χ1v) is 7.57. The topological polar surface area (TPSA) is 73.1 Å². The largest absolute Gasteiger partial charge is 0.338 e. The number of nitrogens with one attached hydrogen (secondary N) is 1. The second kappa shape index (κ2) is 5.92. The number of halogens is 1. The maximum Gasteiger partial charge on any atom is 0.332 e. The molecule has 2 heterocycles. The Hall–Kier alpha value is -2.96. The number of rotatable bonds is 3. The Morgan fingerprint density at radius 2 is 1.83 bits per heavy atom. The van der Waals surface area contributed by atoms with E-state index in [4.69, 9.17) is 0 Å². The van der Waals surface area contributed by atoms with E-state index in [0.717, 1.165) is 4.57 Å². The predicted octanol–water partition coefficient (Wildman–Crippen LogP) is 1.75. The first-order chi connectivity index (χ1) is 11.4. The van der Waals surface area contributed by atoms with Gasteiger partial charge in [-0.15, -0.1) is 0 Å². The highest BCUT2D eigenvalue weighted by atomic mass is 19.1. The lowest BCUT2D eigenvalue weighted by Gasteiger charge is -2.11. The Balaban J connectivity index is 2.15. The average molecular weight is 329 g/mol. The van der Waals surface area contributed by atoms with Gasteiger partial charge in [-0.05, 0) is 30.2 Å². The summed E-state index contributed by atoms with van der Waals surface area (Å²) in [6.07, 6.45) is 2.21. The van der Waals surface area contributed by atoms with Crippen molar-refractivity contribution in [1.82, 2.24) is 9.13 Å². The van der Waals surface area contributed by atoms with Crippen LogP contribution in [-0.2, 0) is 13.6 Å². The first kappa shape index (κ1) is 15.9. The second-order valence-corrected chi connectivity index (χ2v) is 5.59. The minimum Gasteiger partial charge on any atom is -0.338 e. The van der Waals surface area contributed by atoms with Gasteiger partial charge in [0, 0.05) is 13.6 Å². The number of carbonyl (C=O) groups excluding carboxylic acids is 1. The number of aromatic nitrogens is 2. The van der Waals surface area contributed by atoms with E-state index in [2.05, 4.69) is 5.32 Å². The molecule has 0 saturated heterocycles. The number of nitrogens with zero attached hydrogens (tertiary/aromatic N) is 2. The van der Waals surface area contributed by atoms with Crippen molar-refractivity contribution < 1.29 is 9.18 Å².